The van der Waals surface area contributed by atoms with E-state index in [0.29, 0.717) is 11.9 Å². The van der Waals surface area contributed by atoms with Crippen LogP contribution in [0.5, 0.6) is 0 Å². The van der Waals surface area contributed by atoms with Crippen molar-refractivity contribution in [3.05, 3.63) is 12.4 Å². The number of rotatable bonds is 7. The van der Waals surface area contributed by atoms with Crippen molar-refractivity contribution in [1.82, 2.24) is 14.9 Å². The molecule has 1 rings (SSSR count). The van der Waals surface area contributed by atoms with E-state index < -0.39 is 0 Å². The molecular formula is C12H23N5. The fourth-order valence-corrected chi connectivity index (χ4v) is 1.43. The van der Waals surface area contributed by atoms with Gasteiger partial charge in [-0.3, -0.25) is 0 Å². The molecule has 0 saturated heterocycles. The molecule has 0 spiro atoms. The van der Waals surface area contributed by atoms with Gasteiger partial charge in [0.1, 0.15) is 18.0 Å². The average Bonchev–Trinajstić information content (AvgIpc) is 2.28. The molecule has 0 aromatic carbocycles. The van der Waals surface area contributed by atoms with Crippen molar-refractivity contribution in [2.45, 2.75) is 32.7 Å². The van der Waals surface area contributed by atoms with Crippen LogP contribution >= 0.6 is 0 Å². The topological polar surface area (TPSA) is 67.1 Å². The van der Waals surface area contributed by atoms with Gasteiger partial charge in [-0.2, -0.15) is 0 Å². The normalized spacial score (nSPS) is 11.1. The Hall–Kier alpha value is -1.36. The molecule has 0 bridgehead atoms. The first-order chi connectivity index (χ1) is 8.09. The summed E-state index contributed by atoms with van der Waals surface area (Å²) in [6.07, 6.45) is 3.79. The third-order valence-electron chi connectivity index (χ3n) is 2.81. The van der Waals surface area contributed by atoms with Gasteiger partial charge in [-0.05, 0) is 40.3 Å². The van der Waals surface area contributed by atoms with Crippen LogP contribution < -0.4 is 11.1 Å². The smallest absolute Gasteiger partial charge is 0.131 e. The highest BCUT2D eigenvalue weighted by atomic mass is 15.1. The van der Waals surface area contributed by atoms with Crippen molar-refractivity contribution < 1.29 is 0 Å². The number of hydrogen-bond acceptors (Lipinski definition) is 5. The van der Waals surface area contributed by atoms with Crippen LogP contribution in [0, 0.1) is 0 Å². The summed E-state index contributed by atoms with van der Waals surface area (Å²) in [5.74, 6) is 1.30. The number of aromatic nitrogens is 2. The molecule has 0 aliphatic carbocycles. The highest BCUT2D eigenvalue weighted by Crippen LogP contribution is 2.05. The molecule has 5 nitrogen and oxygen atoms in total. The molecule has 0 aliphatic rings. The summed E-state index contributed by atoms with van der Waals surface area (Å²) in [5, 5.41) is 3.24. The van der Waals surface area contributed by atoms with E-state index in [0.717, 1.165) is 25.3 Å². The summed E-state index contributed by atoms with van der Waals surface area (Å²) in [6.45, 7) is 6.47. The zero-order chi connectivity index (χ0) is 12.7. The molecule has 17 heavy (non-hydrogen) atoms. The Morgan fingerprint density at radius 2 is 2.12 bits per heavy atom. The quantitative estimate of drug-likeness (QED) is 0.705. The molecule has 0 atom stereocenters. The molecule has 1 aromatic heterocycles. The van der Waals surface area contributed by atoms with Gasteiger partial charge >= 0.3 is 0 Å². The van der Waals surface area contributed by atoms with E-state index in [2.05, 4.69) is 41.1 Å². The summed E-state index contributed by atoms with van der Waals surface area (Å²) >= 11 is 0. The zero-order valence-electron chi connectivity index (χ0n) is 11.0. The Morgan fingerprint density at radius 1 is 1.35 bits per heavy atom. The zero-order valence-corrected chi connectivity index (χ0v) is 11.0. The first-order valence-corrected chi connectivity index (χ1v) is 6.11. The first kappa shape index (κ1) is 13.7. The van der Waals surface area contributed by atoms with E-state index in [1.165, 1.54) is 12.7 Å². The number of nitrogen functional groups attached to an aromatic ring is 1. The Bertz CT molecular complexity index is 326. The summed E-state index contributed by atoms with van der Waals surface area (Å²) in [6, 6.07) is 2.37. The number of nitrogens with one attached hydrogen (secondary N) is 1. The lowest BCUT2D eigenvalue weighted by Crippen LogP contribution is -2.27. The van der Waals surface area contributed by atoms with Gasteiger partial charge in [0, 0.05) is 18.7 Å². The van der Waals surface area contributed by atoms with Gasteiger partial charge in [-0.15, -0.1) is 0 Å². The summed E-state index contributed by atoms with van der Waals surface area (Å²) in [5.41, 5.74) is 5.56. The lowest BCUT2D eigenvalue weighted by Gasteiger charge is -2.20. The van der Waals surface area contributed by atoms with E-state index in [-0.39, 0.29) is 0 Å². The predicted octanol–water partition coefficient (Wildman–Crippen LogP) is 1.59. The van der Waals surface area contributed by atoms with Crippen molar-refractivity contribution in [1.29, 1.82) is 0 Å². The van der Waals surface area contributed by atoms with Gasteiger partial charge in [0.2, 0.25) is 0 Å². The van der Waals surface area contributed by atoms with E-state index in [1.54, 1.807) is 6.07 Å². The van der Waals surface area contributed by atoms with Gasteiger partial charge < -0.3 is 16.0 Å². The predicted molar refractivity (Wildman–Crippen MR) is 71.9 cm³/mol. The molecule has 5 heteroatoms. The van der Waals surface area contributed by atoms with Crippen molar-refractivity contribution in [3.63, 3.8) is 0 Å². The van der Waals surface area contributed by atoms with E-state index in [9.17, 15) is 0 Å². The average molecular weight is 237 g/mol. The van der Waals surface area contributed by atoms with Gasteiger partial charge in [0.25, 0.3) is 0 Å². The van der Waals surface area contributed by atoms with E-state index >= 15 is 0 Å². The van der Waals surface area contributed by atoms with Crippen LogP contribution in [0.1, 0.15) is 26.7 Å². The Morgan fingerprint density at radius 3 is 2.76 bits per heavy atom. The minimum atomic E-state index is 0.502. The molecular weight excluding hydrogens is 214 g/mol. The minimum absolute atomic E-state index is 0.502. The number of unbranched alkanes of at least 4 members (excludes halogenated alkanes) is 1. The molecule has 1 heterocycles. The highest BCUT2D eigenvalue weighted by molar-refractivity contribution is 5.42. The second kappa shape index (κ2) is 7.06. The second-order valence-electron chi connectivity index (χ2n) is 4.54. The van der Waals surface area contributed by atoms with Crippen molar-refractivity contribution >= 4 is 11.6 Å². The van der Waals surface area contributed by atoms with Crippen molar-refractivity contribution in [3.8, 4) is 0 Å². The monoisotopic (exact) mass is 237 g/mol. The second-order valence-corrected chi connectivity index (χ2v) is 4.54. The van der Waals surface area contributed by atoms with Crippen molar-refractivity contribution in [2.24, 2.45) is 0 Å². The standard InChI is InChI=1S/C12H23N5/c1-10(2)17(3)7-5-4-6-14-12-8-11(13)15-9-16-12/h8-10H,4-7H2,1-3H3,(H3,13,14,15,16). The maximum atomic E-state index is 5.56. The van der Waals surface area contributed by atoms with Crippen LogP contribution in [0.25, 0.3) is 0 Å². The maximum Gasteiger partial charge on any atom is 0.131 e. The van der Waals surface area contributed by atoms with Crippen LogP contribution in [-0.2, 0) is 0 Å². The molecule has 0 saturated carbocycles. The number of nitrogens with two attached hydrogens (primary N) is 1. The summed E-state index contributed by atoms with van der Waals surface area (Å²) in [4.78, 5) is 10.3. The fourth-order valence-electron chi connectivity index (χ4n) is 1.43. The molecule has 0 radical (unpaired) electrons. The SMILES string of the molecule is CC(C)N(C)CCCCNc1cc(N)ncn1. The lowest BCUT2D eigenvalue weighted by molar-refractivity contribution is 0.269. The molecule has 96 valence electrons. The van der Waals surface area contributed by atoms with E-state index in [1.807, 2.05) is 0 Å². The molecule has 0 unspecified atom stereocenters. The van der Waals surface area contributed by atoms with Gasteiger partial charge in [-0.25, -0.2) is 9.97 Å². The highest BCUT2D eigenvalue weighted by Gasteiger charge is 2.01. The number of nitrogens with zero attached hydrogens (tertiary/aromatic N) is 3. The third kappa shape index (κ3) is 5.49. The lowest BCUT2D eigenvalue weighted by atomic mass is 10.2. The van der Waals surface area contributed by atoms with Gasteiger partial charge in [0.05, 0.1) is 0 Å². The van der Waals surface area contributed by atoms with Crippen LogP contribution in [0.3, 0.4) is 0 Å². The summed E-state index contributed by atoms with van der Waals surface area (Å²) < 4.78 is 0. The van der Waals surface area contributed by atoms with E-state index in [4.69, 9.17) is 5.73 Å². The van der Waals surface area contributed by atoms with Crippen LogP contribution in [0.2, 0.25) is 0 Å². The Kier molecular flexibility index (Phi) is 5.69. The van der Waals surface area contributed by atoms with Crippen molar-refractivity contribution in [2.75, 3.05) is 31.2 Å². The largest absolute Gasteiger partial charge is 0.384 e. The van der Waals surface area contributed by atoms with Crippen LogP contribution in [-0.4, -0.2) is 41.0 Å². The number of anilines is 2. The molecule has 0 fully saturated rings. The molecule has 1 aromatic rings. The summed E-state index contributed by atoms with van der Waals surface area (Å²) in [7, 11) is 2.16. The first-order valence-electron chi connectivity index (χ1n) is 6.11. The van der Waals surface area contributed by atoms with Crippen LogP contribution in [0.4, 0.5) is 11.6 Å². The molecule has 0 aliphatic heterocycles. The third-order valence-corrected chi connectivity index (χ3v) is 2.81. The minimum Gasteiger partial charge on any atom is -0.384 e. The molecule has 3 N–H and O–H groups in total. The fraction of sp³-hybridized carbons (Fsp3) is 0.667. The van der Waals surface area contributed by atoms with Gasteiger partial charge in [-0.1, -0.05) is 0 Å². The Balaban J connectivity index is 2.12. The number of hydrogen-bond donors (Lipinski definition) is 2. The Labute approximate surface area is 103 Å². The van der Waals surface area contributed by atoms with Gasteiger partial charge in [0.15, 0.2) is 0 Å². The molecule has 0 amide bonds. The maximum absolute atomic E-state index is 5.56. The van der Waals surface area contributed by atoms with Crippen LogP contribution in [0.15, 0.2) is 12.4 Å².